The van der Waals surface area contributed by atoms with E-state index < -0.39 is 0 Å². The van der Waals surface area contributed by atoms with Crippen LogP contribution in [0.5, 0.6) is 5.75 Å². The highest BCUT2D eigenvalue weighted by atomic mass is 16.5. The number of aromatic amines is 1. The number of nitrogens with one attached hydrogen (secondary N) is 2. The average molecular weight is 302 g/mol. The number of methoxy groups -OCH3 is 1. The molecule has 0 aliphatic heterocycles. The molecule has 0 spiro atoms. The van der Waals surface area contributed by atoms with Crippen molar-refractivity contribution in [2.45, 2.75) is 26.7 Å². The van der Waals surface area contributed by atoms with Crippen LogP contribution in [0.25, 0.3) is 11.4 Å². The van der Waals surface area contributed by atoms with Crippen LogP contribution in [0.1, 0.15) is 26.1 Å². The molecule has 1 aromatic heterocycles. The van der Waals surface area contributed by atoms with Crippen molar-refractivity contribution in [1.29, 1.82) is 0 Å². The van der Waals surface area contributed by atoms with E-state index in [2.05, 4.69) is 20.5 Å². The molecule has 0 saturated carbocycles. The number of hydrogen-bond acceptors (Lipinski definition) is 4. The summed E-state index contributed by atoms with van der Waals surface area (Å²) >= 11 is 0. The number of rotatable bonds is 7. The highest BCUT2D eigenvalue weighted by molar-refractivity contribution is 5.76. The number of H-pyrrole nitrogens is 1. The highest BCUT2D eigenvalue weighted by Crippen LogP contribution is 2.18. The first-order valence-corrected chi connectivity index (χ1v) is 7.41. The first-order chi connectivity index (χ1) is 10.6. The second kappa shape index (κ2) is 7.59. The molecule has 0 bridgehead atoms. The number of carbonyl (C=O) groups is 1. The van der Waals surface area contributed by atoms with Gasteiger partial charge in [-0.05, 0) is 30.2 Å². The van der Waals surface area contributed by atoms with Crippen LogP contribution in [-0.2, 0) is 11.2 Å². The number of nitrogens with zero attached hydrogens (tertiary/aromatic N) is 2. The highest BCUT2D eigenvalue weighted by Gasteiger charge is 2.08. The summed E-state index contributed by atoms with van der Waals surface area (Å²) in [5.74, 6) is 2.64. The minimum absolute atomic E-state index is 0.0740. The van der Waals surface area contributed by atoms with Crippen LogP contribution in [0.4, 0.5) is 0 Å². The lowest BCUT2D eigenvalue weighted by Gasteiger charge is -2.05. The predicted octanol–water partition coefficient (Wildman–Crippen LogP) is 2.19. The summed E-state index contributed by atoms with van der Waals surface area (Å²) in [5, 5.41) is 9.99. The molecule has 118 valence electrons. The summed E-state index contributed by atoms with van der Waals surface area (Å²) in [6.45, 7) is 4.61. The molecule has 0 unspecified atom stereocenters. The summed E-state index contributed by atoms with van der Waals surface area (Å²) in [5.41, 5.74) is 0.923. The lowest BCUT2D eigenvalue weighted by Crippen LogP contribution is -2.26. The van der Waals surface area contributed by atoms with Crippen molar-refractivity contribution in [3.05, 3.63) is 30.1 Å². The average Bonchev–Trinajstić information content (AvgIpc) is 2.95. The van der Waals surface area contributed by atoms with E-state index in [1.807, 2.05) is 38.1 Å². The van der Waals surface area contributed by atoms with E-state index >= 15 is 0 Å². The Balaban J connectivity index is 1.87. The van der Waals surface area contributed by atoms with E-state index in [-0.39, 0.29) is 5.91 Å². The molecular weight excluding hydrogens is 280 g/mol. The van der Waals surface area contributed by atoms with Crippen LogP contribution < -0.4 is 10.1 Å². The number of benzene rings is 1. The molecule has 0 fully saturated rings. The van der Waals surface area contributed by atoms with Crippen LogP contribution in [0.2, 0.25) is 0 Å². The fraction of sp³-hybridized carbons (Fsp3) is 0.438. The van der Waals surface area contributed by atoms with Crippen molar-refractivity contribution < 1.29 is 9.53 Å². The Labute approximate surface area is 130 Å². The molecule has 0 saturated heterocycles. The monoisotopic (exact) mass is 302 g/mol. The third-order valence-electron chi connectivity index (χ3n) is 3.16. The van der Waals surface area contributed by atoms with Crippen molar-refractivity contribution in [1.82, 2.24) is 20.5 Å². The van der Waals surface area contributed by atoms with E-state index in [0.717, 1.165) is 17.1 Å². The fourth-order valence-corrected chi connectivity index (χ4v) is 2.04. The van der Waals surface area contributed by atoms with Gasteiger partial charge in [-0.15, -0.1) is 0 Å². The number of ether oxygens (including phenoxy) is 1. The Morgan fingerprint density at radius 3 is 2.68 bits per heavy atom. The third-order valence-corrected chi connectivity index (χ3v) is 3.16. The molecule has 2 rings (SSSR count). The Hall–Kier alpha value is -2.37. The van der Waals surface area contributed by atoms with Crippen LogP contribution >= 0.6 is 0 Å². The van der Waals surface area contributed by atoms with Gasteiger partial charge in [-0.1, -0.05) is 13.8 Å². The maximum Gasteiger partial charge on any atom is 0.220 e. The molecule has 0 aliphatic carbocycles. The number of hydrogen-bond donors (Lipinski definition) is 2. The van der Waals surface area contributed by atoms with Gasteiger partial charge in [-0.25, -0.2) is 4.98 Å². The SMILES string of the molecule is COc1ccc(-c2n[nH]c(CCNC(=O)CC(C)C)n2)cc1. The van der Waals surface area contributed by atoms with E-state index in [4.69, 9.17) is 4.74 Å². The molecule has 1 amide bonds. The summed E-state index contributed by atoms with van der Waals surface area (Å²) in [6, 6.07) is 7.57. The van der Waals surface area contributed by atoms with Gasteiger partial charge in [-0.3, -0.25) is 9.89 Å². The van der Waals surface area contributed by atoms with E-state index in [1.54, 1.807) is 7.11 Å². The topological polar surface area (TPSA) is 79.9 Å². The van der Waals surface area contributed by atoms with Gasteiger partial charge in [0.05, 0.1) is 7.11 Å². The molecule has 1 heterocycles. The second-order valence-corrected chi connectivity index (χ2v) is 5.53. The van der Waals surface area contributed by atoms with Gasteiger partial charge in [0.1, 0.15) is 11.6 Å². The fourth-order valence-electron chi connectivity index (χ4n) is 2.04. The van der Waals surface area contributed by atoms with Crippen molar-refractivity contribution in [2.24, 2.45) is 5.92 Å². The first kappa shape index (κ1) is 16.0. The minimum Gasteiger partial charge on any atom is -0.497 e. The lowest BCUT2D eigenvalue weighted by molar-refractivity contribution is -0.121. The smallest absolute Gasteiger partial charge is 0.220 e. The van der Waals surface area contributed by atoms with Gasteiger partial charge < -0.3 is 10.1 Å². The maximum atomic E-state index is 11.6. The van der Waals surface area contributed by atoms with Crippen LogP contribution in [0, 0.1) is 5.92 Å². The van der Waals surface area contributed by atoms with Gasteiger partial charge in [0.2, 0.25) is 5.91 Å². The van der Waals surface area contributed by atoms with Crippen molar-refractivity contribution in [3.8, 4) is 17.1 Å². The second-order valence-electron chi connectivity index (χ2n) is 5.53. The zero-order valence-corrected chi connectivity index (χ0v) is 13.2. The number of carbonyl (C=O) groups excluding carboxylic acids is 1. The molecule has 0 radical (unpaired) electrons. The van der Waals surface area contributed by atoms with Gasteiger partial charge >= 0.3 is 0 Å². The van der Waals surface area contributed by atoms with Gasteiger partial charge in [0.25, 0.3) is 0 Å². The Kier molecular flexibility index (Phi) is 5.52. The van der Waals surface area contributed by atoms with E-state index in [0.29, 0.717) is 31.1 Å². The summed E-state index contributed by atoms with van der Waals surface area (Å²) < 4.78 is 5.12. The first-order valence-electron chi connectivity index (χ1n) is 7.41. The quantitative estimate of drug-likeness (QED) is 0.821. The molecule has 1 aromatic carbocycles. The van der Waals surface area contributed by atoms with Crippen molar-refractivity contribution in [2.75, 3.05) is 13.7 Å². The standard InChI is InChI=1S/C16H22N4O2/c1-11(2)10-15(21)17-9-8-14-18-16(20-19-14)12-4-6-13(22-3)7-5-12/h4-7,11H,8-10H2,1-3H3,(H,17,21)(H,18,19,20). The predicted molar refractivity (Wildman–Crippen MR) is 84.5 cm³/mol. The molecule has 6 nitrogen and oxygen atoms in total. The molecule has 22 heavy (non-hydrogen) atoms. The maximum absolute atomic E-state index is 11.6. The summed E-state index contributed by atoms with van der Waals surface area (Å²) in [7, 11) is 1.63. The summed E-state index contributed by atoms with van der Waals surface area (Å²) in [4.78, 5) is 16.0. The van der Waals surface area contributed by atoms with Crippen LogP contribution in [0.15, 0.2) is 24.3 Å². The van der Waals surface area contributed by atoms with Gasteiger partial charge in [-0.2, -0.15) is 5.10 Å². The minimum atomic E-state index is 0.0740. The Bertz CT molecular complexity index is 605. The van der Waals surface area contributed by atoms with E-state index in [1.165, 1.54) is 0 Å². The third kappa shape index (κ3) is 4.58. The molecule has 2 N–H and O–H groups in total. The zero-order chi connectivity index (χ0) is 15.9. The van der Waals surface area contributed by atoms with Crippen molar-refractivity contribution >= 4 is 5.91 Å². The summed E-state index contributed by atoms with van der Waals surface area (Å²) in [6.07, 6.45) is 1.18. The van der Waals surface area contributed by atoms with Crippen LogP contribution in [-0.4, -0.2) is 34.7 Å². The van der Waals surface area contributed by atoms with Crippen molar-refractivity contribution in [3.63, 3.8) is 0 Å². The Morgan fingerprint density at radius 1 is 1.32 bits per heavy atom. The Morgan fingerprint density at radius 2 is 2.05 bits per heavy atom. The largest absolute Gasteiger partial charge is 0.497 e. The lowest BCUT2D eigenvalue weighted by atomic mass is 10.1. The van der Waals surface area contributed by atoms with Crippen LogP contribution in [0.3, 0.4) is 0 Å². The molecule has 0 aliphatic rings. The van der Waals surface area contributed by atoms with Gasteiger partial charge in [0, 0.05) is 24.9 Å². The van der Waals surface area contributed by atoms with E-state index in [9.17, 15) is 4.79 Å². The number of aromatic nitrogens is 3. The molecule has 2 aromatic rings. The molecule has 6 heteroatoms. The molecular formula is C16H22N4O2. The van der Waals surface area contributed by atoms with Gasteiger partial charge in [0.15, 0.2) is 5.82 Å². The normalized spacial score (nSPS) is 10.7. The zero-order valence-electron chi connectivity index (χ0n) is 13.2. The molecule has 0 atom stereocenters. The number of amides is 1.